The Morgan fingerprint density at radius 3 is 2.75 bits per heavy atom. The van der Waals surface area contributed by atoms with Gasteiger partial charge in [-0.15, -0.1) is 0 Å². The van der Waals surface area contributed by atoms with E-state index >= 15 is 0 Å². The van der Waals surface area contributed by atoms with Crippen molar-refractivity contribution in [1.29, 1.82) is 0 Å². The molecule has 0 spiro atoms. The number of pyridine rings is 1. The Morgan fingerprint density at radius 2 is 1.96 bits per heavy atom. The van der Waals surface area contributed by atoms with E-state index in [1.54, 1.807) is 18.5 Å². The predicted molar refractivity (Wildman–Crippen MR) is 106 cm³/mol. The topological polar surface area (TPSA) is 67.6 Å². The van der Waals surface area contributed by atoms with Crippen LogP contribution in [0.1, 0.15) is 41.6 Å². The van der Waals surface area contributed by atoms with Crippen molar-refractivity contribution in [2.45, 2.75) is 38.8 Å². The molecule has 0 radical (unpaired) electrons. The number of hydrogen-bond donors (Lipinski definition) is 1. The molecule has 0 aromatic carbocycles. The summed E-state index contributed by atoms with van der Waals surface area (Å²) >= 11 is 0. The molecule has 2 saturated heterocycles. The molecule has 4 rings (SSSR count). The first-order chi connectivity index (χ1) is 13.7. The number of ether oxygens (including phenoxy) is 1. The van der Waals surface area contributed by atoms with Gasteiger partial charge >= 0.3 is 0 Å². The summed E-state index contributed by atoms with van der Waals surface area (Å²) < 4.78 is 11.5. The molecule has 2 aliphatic rings. The summed E-state index contributed by atoms with van der Waals surface area (Å²) in [6, 6.07) is 7.73. The summed E-state index contributed by atoms with van der Waals surface area (Å²) in [5.74, 6) is 2.15. The van der Waals surface area contributed by atoms with Crippen molar-refractivity contribution in [3.8, 4) is 0 Å². The molecule has 0 unspecified atom stereocenters. The highest BCUT2D eigenvalue weighted by Crippen LogP contribution is 2.21. The fraction of sp³-hybridized carbons (Fsp3) is 0.545. The number of carbonyl (C=O) groups excluding carboxylic acids is 1. The predicted octanol–water partition coefficient (Wildman–Crippen LogP) is 2.89. The highest BCUT2D eigenvalue weighted by Gasteiger charge is 2.30. The Labute approximate surface area is 166 Å². The number of carbonyl (C=O) groups is 1. The first-order valence-electron chi connectivity index (χ1n) is 10.3. The Kier molecular flexibility index (Phi) is 6.07. The lowest BCUT2D eigenvalue weighted by Gasteiger charge is -2.29. The van der Waals surface area contributed by atoms with E-state index in [0.29, 0.717) is 19.0 Å². The third-order valence-electron chi connectivity index (χ3n) is 5.90. The van der Waals surface area contributed by atoms with E-state index in [0.717, 1.165) is 37.7 Å². The number of rotatable bonds is 6. The zero-order valence-electron chi connectivity index (χ0n) is 16.5. The fourth-order valence-corrected chi connectivity index (χ4v) is 4.05. The van der Waals surface area contributed by atoms with Gasteiger partial charge in [-0.3, -0.25) is 14.7 Å². The maximum atomic E-state index is 12.7. The summed E-state index contributed by atoms with van der Waals surface area (Å²) in [6.07, 6.45) is 6.92. The van der Waals surface area contributed by atoms with Crippen LogP contribution < -0.4 is 5.32 Å². The van der Waals surface area contributed by atoms with E-state index in [1.807, 2.05) is 18.2 Å². The molecule has 0 saturated carbocycles. The van der Waals surface area contributed by atoms with Gasteiger partial charge in [-0.1, -0.05) is 6.92 Å². The molecule has 150 valence electrons. The van der Waals surface area contributed by atoms with E-state index in [-0.39, 0.29) is 17.9 Å². The molecule has 1 amide bonds. The second kappa shape index (κ2) is 8.88. The maximum absolute atomic E-state index is 12.7. The Hall–Kier alpha value is -2.18. The Balaban J connectivity index is 1.31. The van der Waals surface area contributed by atoms with E-state index in [1.165, 1.54) is 18.4 Å². The van der Waals surface area contributed by atoms with Crippen LogP contribution in [0.25, 0.3) is 0 Å². The quantitative estimate of drug-likeness (QED) is 0.831. The van der Waals surface area contributed by atoms with Gasteiger partial charge in [0.05, 0.1) is 25.8 Å². The van der Waals surface area contributed by atoms with Crippen LogP contribution in [0.5, 0.6) is 0 Å². The minimum atomic E-state index is -0.159. The first kappa shape index (κ1) is 19.2. The van der Waals surface area contributed by atoms with Gasteiger partial charge in [0.1, 0.15) is 5.76 Å². The van der Waals surface area contributed by atoms with Gasteiger partial charge in [0, 0.05) is 18.3 Å². The highest BCUT2D eigenvalue weighted by atomic mass is 16.5. The van der Waals surface area contributed by atoms with Crippen LogP contribution in [0.15, 0.2) is 41.1 Å². The van der Waals surface area contributed by atoms with Crippen LogP contribution in [-0.2, 0) is 17.7 Å². The van der Waals surface area contributed by atoms with Gasteiger partial charge < -0.3 is 14.5 Å². The second-order valence-corrected chi connectivity index (χ2v) is 8.16. The maximum Gasteiger partial charge on any atom is 0.287 e. The number of nitrogens with zero attached hydrogens (tertiary/aromatic N) is 2. The van der Waals surface area contributed by atoms with Crippen molar-refractivity contribution in [2.75, 3.05) is 26.3 Å². The molecule has 0 aliphatic carbocycles. The van der Waals surface area contributed by atoms with Gasteiger partial charge in [0.15, 0.2) is 5.76 Å². The number of aromatic nitrogens is 1. The van der Waals surface area contributed by atoms with Crippen LogP contribution in [0.4, 0.5) is 0 Å². The minimum Gasteiger partial charge on any atom is -0.455 e. The molecule has 2 aromatic heterocycles. The lowest BCUT2D eigenvalue weighted by Crippen LogP contribution is -2.40. The van der Waals surface area contributed by atoms with Gasteiger partial charge in [0.2, 0.25) is 0 Å². The van der Waals surface area contributed by atoms with Crippen LogP contribution in [0.2, 0.25) is 0 Å². The van der Waals surface area contributed by atoms with Gasteiger partial charge in [-0.05, 0) is 68.1 Å². The number of hydrogen-bond acceptors (Lipinski definition) is 5. The number of nitrogens with one attached hydrogen (secondary N) is 1. The normalized spacial score (nSPS) is 23.8. The number of piperidine rings is 1. The molecular formula is C22H29N3O3. The SMILES string of the molecule is CC1CCN(Cc2ccc(C(=O)N[C@H]3COC[C@H]3Cc3ccncc3)o2)CC1. The van der Waals surface area contributed by atoms with Crippen molar-refractivity contribution in [3.05, 3.63) is 53.7 Å². The smallest absolute Gasteiger partial charge is 0.287 e. The molecule has 28 heavy (non-hydrogen) atoms. The van der Waals surface area contributed by atoms with Crippen molar-refractivity contribution >= 4 is 5.91 Å². The van der Waals surface area contributed by atoms with Crippen LogP contribution in [0, 0.1) is 11.8 Å². The van der Waals surface area contributed by atoms with Crippen LogP contribution in [0.3, 0.4) is 0 Å². The zero-order valence-corrected chi connectivity index (χ0v) is 16.5. The molecule has 4 heterocycles. The molecule has 2 aliphatic heterocycles. The van der Waals surface area contributed by atoms with Crippen molar-refractivity contribution < 1.29 is 13.9 Å². The standard InChI is InChI=1S/C22H29N3O3/c1-16-6-10-25(11-7-16)13-19-2-3-21(28-19)22(26)24-20-15-27-14-18(20)12-17-4-8-23-9-5-17/h2-5,8-9,16,18,20H,6-7,10-15H2,1H3,(H,24,26)/t18-,20+/m1/s1. The first-order valence-corrected chi connectivity index (χ1v) is 10.3. The minimum absolute atomic E-state index is 0.00204. The van der Waals surface area contributed by atoms with Gasteiger partial charge in [0.25, 0.3) is 5.91 Å². The summed E-state index contributed by atoms with van der Waals surface area (Å²) in [5.41, 5.74) is 1.21. The largest absolute Gasteiger partial charge is 0.455 e. The molecular weight excluding hydrogens is 354 g/mol. The van der Waals surface area contributed by atoms with Crippen LogP contribution >= 0.6 is 0 Å². The van der Waals surface area contributed by atoms with Crippen molar-refractivity contribution in [3.63, 3.8) is 0 Å². The van der Waals surface area contributed by atoms with Crippen molar-refractivity contribution in [2.24, 2.45) is 11.8 Å². The fourth-order valence-electron chi connectivity index (χ4n) is 4.05. The van der Waals surface area contributed by atoms with Crippen molar-refractivity contribution in [1.82, 2.24) is 15.2 Å². The summed E-state index contributed by atoms with van der Waals surface area (Å²) in [7, 11) is 0. The molecule has 6 nitrogen and oxygen atoms in total. The van der Waals surface area contributed by atoms with E-state index in [2.05, 4.69) is 22.1 Å². The highest BCUT2D eigenvalue weighted by molar-refractivity contribution is 5.91. The van der Waals surface area contributed by atoms with E-state index < -0.39 is 0 Å². The van der Waals surface area contributed by atoms with Gasteiger partial charge in [-0.25, -0.2) is 0 Å². The third-order valence-corrected chi connectivity index (χ3v) is 5.90. The third kappa shape index (κ3) is 4.80. The second-order valence-electron chi connectivity index (χ2n) is 8.16. The summed E-state index contributed by atoms with van der Waals surface area (Å²) in [4.78, 5) is 19.1. The Morgan fingerprint density at radius 1 is 1.18 bits per heavy atom. The van der Waals surface area contributed by atoms with E-state index in [9.17, 15) is 4.79 Å². The zero-order chi connectivity index (χ0) is 19.3. The molecule has 2 atom stereocenters. The average molecular weight is 383 g/mol. The average Bonchev–Trinajstić information content (AvgIpc) is 3.34. The number of likely N-dealkylation sites (tertiary alicyclic amines) is 1. The molecule has 1 N–H and O–H groups in total. The van der Waals surface area contributed by atoms with Gasteiger partial charge in [-0.2, -0.15) is 0 Å². The van der Waals surface area contributed by atoms with Crippen LogP contribution in [-0.4, -0.2) is 48.1 Å². The Bertz CT molecular complexity index is 768. The molecule has 0 bridgehead atoms. The molecule has 2 fully saturated rings. The van der Waals surface area contributed by atoms with E-state index in [4.69, 9.17) is 9.15 Å². The lowest BCUT2D eigenvalue weighted by molar-refractivity contribution is 0.0891. The monoisotopic (exact) mass is 383 g/mol. The molecule has 6 heteroatoms. The number of furan rings is 1. The number of amides is 1. The summed E-state index contributed by atoms with van der Waals surface area (Å²) in [5, 5.41) is 3.10. The molecule has 2 aromatic rings. The summed E-state index contributed by atoms with van der Waals surface area (Å²) in [6.45, 7) is 6.47. The lowest BCUT2D eigenvalue weighted by atomic mass is 9.95.